The standard InChI is InChI=1S/C20H23N5O/c1-3-15-8-6-7-14(2)19(15)24-18-13-17(16-9-4-5-10-21-16)23-20(25-18)22-11-12-26/h4-10,13,26H,3,11-12H2,1-2H3,(H2,22,23,24,25). The van der Waals surface area contributed by atoms with Gasteiger partial charge in [0, 0.05) is 24.5 Å². The molecule has 1 aromatic carbocycles. The number of hydrogen-bond donors (Lipinski definition) is 3. The second-order valence-corrected chi connectivity index (χ2v) is 5.91. The molecule has 0 aliphatic carbocycles. The van der Waals surface area contributed by atoms with E-state index in [1.54, 1.807) is 6.20 Å². The molecule has 0 unspecified atom stereocenters. The van der Waals surface area contributed by atoms with Gasteiger partial charge >= 0.3 is 0 Å². The maximum atomic E-state index is 9.08. The molecule has 0 amide bonds. The van der Waals surface area contributed by atoms with Crippen molar-refractivity contribution >= 4 is 17.5 Å². The van der Waals surface area contributed by atoms with E-state index < -0.39 is 0 Å². The first-order valence-electron chi connectivity index (χ1n) is 8.72. The molecule has 2 heterocycles. The van der Waals surface area contributed by atoms with E-state index in [2.05, 4.69) is 57.6 Å². The first-order valence-corrected chi connectivity index (χ1v) is 8.72. The Balaban J connectivity index is 2.01. The second kappa shape index (κ2) is 8.40. The summed E-state index contributed by atoms with van der Waals surface area (Å²) < 4.78 is 0. The minimum Gasteiger partial charge on any atom is -0.395 e. The Kier molecular flexibility index (Phi) is 5.76. The monoisotopic (exact) mass is 349 g/mol. The Labute approximate surface area is 153 Å². The Morgan fingerprint density at radius 1 is 1.04 bits per heavy atom. The average molecular weight is 349 g/mol. The van der Waals surface area contributed by atoms with E-state index in [1.807, 2.05) is 24.3 Å². The zero-order chi connectivity index (χ0) is 18.4. The summed E-state index contributed by atoms with van der Waals surface area (Å²) in [5.41, 5.74) is 4.94. The number of aromatic nitrogens is 3. The van der Waals surface area contributed by atoms with Crippen molar-refractivity contribution in [2.45, 2.75) is 20.3 Å². The second-order valence-electron chi connectivity index (χ2n) is 5.91. The van der Waals surface area contributed by atoms with Crippen molar-refractivity contribution < 1.29 is 5.11 Å². The van der Waals surface area contributed by atoms with Crippen molar-refractivity contribution in [2.75, 3.05) is 23.8 Å². The molecular formula is C20H23N5O. The molecule has 3 rings (SSSR count). The summed E-state index contributed by atoms with van der Waals surface area (Å²) in [6.45, 7) is 4.61. The molecule has 0 fully saturated rings. The van der Waals surface area contributed by atoms with Crippen molar-refractivity contribution in [3.05, 3.63) is 59.8 Å². The van der Waals surface area contributed by atoms with Crippen LogP contribution in [0.2, 0.25) is 0 Å². The first-order chi connectivity index (χ1) is 12.7. The van der Waals surface area contributed by atoms with Crippen LogP contribution in [0.3, 0.4) is 0 Å². The van der Waals surface area contributed by atoms with Crippen LogP contribution in [0.15, 0.2) is 48.7 Å². The summed E-state index contributed by atoms with van der Waals surface area (Å²) in [4.78, 5) is 13.4. The number of pyridine rings is 1. The molecule has 6 nitrogen and oxygen atoms in total. The van der Waals surface area contributed by atoms with E-state index in [-0.39, 0.29) is 6.61 Å². The van der Waals surface area contributed by atoms with E-state index in [4.69, 9.17) is 5.11 Å². The lowest BCUT2D eigenvalue weighted by atomic mass is 10.1. The molecular weight excluding hydrogens is 326 g/mol. The number of aryl methyl sites for hydroxylation is 2. The molecule has 0 aliphatic heterocycles. The van der Waals surface area contributed by atoms with Gasteiger partial charge in [-0.2, -0.15) is 4.98 Å². The third-order valence-corrected chi connectivity index (χ3v) is 4.04. The number of nitrogens with one attached hydrogen (secondary N) is 2. The van der Waals surface area contributed by atoms with Crippen LogP contribution in [-0.4, -0.2) is 33.2 Å². The first kappa shape index (κ1) is 17.8. The zero-order valence-electron chi connectivity index (χ0n) is 15.0. The number of para-hydroxylation sites is 1. The number of nitrogens with zero attached hydrogens (tertiary/aromatic N) is 3. The van der Waals surface area contributed by atoms with E-state index in [0.29, 0.717) is 18.3 Å². The minimum absolute atomic E-state index is 0.0116. The van der Waals surface area contributed by atoms with Crippen molar-refractivity contribution in [3.8, 4) is 11.4 Å². The topological polar surface area (TPSA) is 83.0 Å². The number of aliphatic hydroxyl groups excluding tert-OH is 1. The largest absolute Gasteiger partial charge is 0.395 e. The van der Waals surface area contributed by atoms with Gasteiger partial charge in [0.05, 0.1) is 18.0 Å². The molecule has 0 saturated carbocycles. The Hall–Kier alpha value is -2.99. The van der Waals surface area contributed by atoms with Crippen LogP contribution < -0.4 is 10.6 Å². The molecule has 134 valence electrons. The summed E-state index contributed by atoms with van der Waals surface area (Å²) in [7, 11) is 0. The van der Waals surface area contributed by atoms with Crippen molar-refractivity contribution in [1.82, 2.24) is 15.0 Å². The Bertz CT molecular complexity index is 867. The average Bonchev–Trinajstić information content (AvgIpc) is 2.68. The minimum atomic E-state index is 0.0116. The highest BCUT2D eigenvalue weighted by atomic mass is 16.3. The summed E-state index contributed by atoms with van der Waals surface area (Å²) in [5.74, 6) is 1.14. The van der Waals surface area contributed by atoms with Crippen molar-refractivity contribution in [3.63, 3.8) is 0 Å². The van der Waals surface area contributed by atoms with Gasteiger partial charge in [0.2, 0.25) is 5.95 Å². The number of anilines is 3. The van der Waals surface area contributed by atoms with Gasteiger partial charge in [-0.3, -0.25) is 4.98 Å². The van der Waals surface area contributed by atoms with E-state index >= 15 is 0 Å². The number of aliphatic hydroxyl groups is 1. The quantitative estimate of drug-likeness (QED) is 0.605. The fraction of sp³-hybridized carbons (Fsp3) is 0.250. The van der Waals surface area contributed by atoms with Crippen LogP contribution >= 0.6 is 0 Å². The molecule has 0 bridgehead atoms. The molecule has 0 atom stereocenters. The highest BCUT2D eigenvalue weighted by molar-refractivity contribution is 5.69. The Morgan fingerprint density at radius 2 is 1.92 bits per heavy atom. The molecule has 3 N–H and O–H groups in total. The lowest BCUT2D eigenvalue weighted by Gasteiger charge is -2.15. The lowest BCUT2D eigenvalue weighted by Crippen LogP contribution is -2.10. The fourth-order valence-corrected chi connectivity index (χ4v) is 2.73. The maximum Gasteiger partial charge on any atom is 0.225 e. The molecule has 3 aromatic rings. The molecule has 6 heteroatoms. The van der Waals surface area contributed by atoms with Gasteiger partial charge in [0.15, 0.2) is 0 Å². The van der Waals surface area contributed by atoms with Gasteiger partial charge in [-0.1, -0.05) is 31.2 Å². The zero-order valence-corrected chi connectivity index (χ0v) is 15.0. The predicted molar refractivity (Wildman–Crippen MR) is 105 cm³/mol. The number of benzene rings is 1. The van der Waals surface area contributed by atoms with Crippen molar-refractivity contribution in [2.24, 2.45) is 0 Å². The molecule has 0 radical (unpaired) electrons. The SMILES string of the molecule is CCc1cccc(C)c1Nc1cc(-c2ccccn2)nc(NCCO)n1. The third kappa shape index (κ3) is 4.15. The summed E-state index contributed by atoms with van der Waals surface area (Å²) in [5, 5.41) is 15.5. The summed E-state index contributed by atoms with van der Waals surface area (Å²) in [6, 6.07) is 13.8. The molecule has 2 aromatic heterocycles. The molecule has 0 aliphatic rings. The van der Waals surface area contributed by atoms with Crippen LogP contribution in [-0.2, 0) is 6.42 Å². The summed E-state index contributed by atoms with van der Waals surface area (Å²) >= 11 is 0. The highest BCUT2D eigenvalue weighted by Crippen LogP contribution is 2.27. The van der Waals surface area contributed by atoms with Crippen LogP contribution in [0.1, 0.15) is 18.1 Å². The Morgan fingerprint density at radius 3 is 2.65 bits per heavy atom. The van der Waals surface area contributed by atoms with Crippen LogP contribution in [0.5, 0.6) is 0 Å². The predicted octanol–water partition coefficient (Wildman–Crippen LogP) is 3.56. The molecule has 0 spiro atoms. The lowest BCUT2D eigenvalue weighted by molar-refractivity contribution is 0.311. The molecule has 26 heavy (non-hydrogen) atoms. The summed E-state index contributed by atoms with van der Waals surface area (Å²) in [6.07, 6.45) is 2.67. The van der Waals surface area contributed by atoms with Gasteiger partial charge in [-0.05, 0) is 36.6 Å². The van der Waals surface area contributed by atoms with E-state index in [0.717, 1.165) is 29.1 Å². The van der Waals surface area contributed by atoms with Gasteiger partial charge < -0.3 is 15.7 Å². The smallest absolute Gasteiger partial charge is 0.225 e. The van der Waals surface area contributed by atoms with Gasteiger partial charge in [-0.15, -0.1) is 0 Å². The molecule has 0 saturated heterocycles. The van der Waals surface area contributed by atoms with Crippen LogP contribution in [0.4, 0.5) is 17.5 Å². The van der Waals surface area contributed by atoms with Gasteiger partial charge in [0.25, 0.3) is 0 Å². The van der Waals surface area contributed by atoms with Crippen LogP contribution in [0.25, 0.3) is 11.4 Å². The van der Waals surface area contributed by atoms with E-state index in [1.165, 1.54) is 5.56 Å². The van der Waals surface area contributed by atoms with Gasteiger partial charge in [-0.25, -0.2) is 4.98 Å². The normalized spacial score (nSPS) is 10.6. The van der Waals surface area contributed by atoms with Crippen LogP contribution in [0, 0.1) is 6.92 Å². The number of hydrogen-bond acceptors (Lipinski definition) is 6. The van der Waals surface area contributed by atoms with Crippen molar-refractivity contribution in [1.29, 1.82) is 0 Å². The number of rotatable bonds is 7. The van der Waals surface area contributed by atoms with Gasteiger partial charge in [0.1, 0.15) is 5.82 Å². The fourth-order valence-electron chi connectivity index (χ4n) is 2.73. The maximum absolute atomic E-state index is 9.08. The highest BCUT2D eigenvalue weighted by Gasteiger charge is 2.10. The van der Waals surface area contributed by atoms with E-state index in [9.17, 15) is 0 Å². The third-order valence-electron chi connectivity index (χ3n) is 4.04.